The minimum Gasteiger partial charge on any atom is -0.506 e. The molecule has 0 spiro atoms. The van der Waals surface area contributed by atoms with Gasteiger partial charge in [0.2, 0.25) is 17.7 Å². The van der Waals surface area contributed by atoms with Gasteiger partial charge in [-0.2, -0.15) is 0 Å². The van der Waals surface area contributed by atoms with Crippen molar-refractivity contribution in [1.29, 1.82) is 0 Å². The van der Waals surface area contributed by atoms with Gasteiger partial charge in [-0.1, -0.05) is 57.9 Å². The minimum atomic E-state index is -0.861. The molecule has 3 atom stereocenters. The average molecular weight is 926 g/mol. The Bertz CT molecular complexity index is 2290. The van der Waals surface area contributed by atoms with Gasteiger partial charge in [0.05, 0.1) is 40.5 Å². The Morgan fingerprint density at radius 3 is 2.29 bits per heavy atom. The number of piperazine rings is 1. The number of aryl methyl sites for hydroxylation is 1. The van der Waals surface area contributed by atoms with Crippen molar-refractivity contribution in [3.8, 4) is 21.9 Å². The van der Waals surface area contributed by atoms with Crippen LogP contribution in [-0.2, 0) is 30.5 Å². The Morgan fingerprint density at radius 2 is 1.62 bits per heavy atom. The topological polar surface area (TPSA) is 203 Å². The molecule has 2 aliphatic rings. The molecule has 4 aromatic rings. The number of aromatic nitrogens is 1. The van der Waals surface area contributed by atoms with Crippen LogP contribution in [0.15, 0.2) is 72.2 Å². The smallest absolute Gasteiger partial charge is 0.337 e. The second kappa shape index (κ2) is 22.9. The maximum Gasteiger partial charge on any atom is 0.337 e. The summed E-state index contributed by atoms with van der Waals surface area (Å²) in [5, 5.41) is 29.1. The van der Waals surface area contributed by atoms with Crippen molar-refractivity contribution in [1.82, 2.24) is 25.4 Å². The molecule has 2 fully saturated rings. The summed E-state index contributed by atoms with van der Waals surface area (Å²) in [6.07, 6.45) is 3.16. The summed E-state index contributed by atoms with van der Waals surface area (Å²) in [5.74, 6) is -1.65. The third kappa shape index (κ3) is 13.5. The second-order valence-corrected chi connectivity index (χ2v) is 18.8. The zero-order valence-corrected chi connectivity index (χ0v) is 39.3. The number of phenols is 1. The first kappa shape index (κ1) is 49.4. The van der Waals surface area contributed by atoms with Crippen LogP contribution < -0.4 is 25.6 Å². The molecule has 2 saturated heterocycles. The summed E-state index contributed by atoms with van der Waals surface area (Å²) in [6, 6.07) is 17.8. The molecule has 354 valence electrons. The zero-order valence-electron chi connectivity index (χ0n) is 38.5. The van der Waals surface area contributed by atoms with Crippen LogP contribution in [0.4, 0.5) is 11.4 Å². The van der Waals surface area contributed by atoms with Gasteiger partial charge < -0.3 is 45.4 Å². The molecule has 4 amide bonds. The molecule has 2 aliphatic heterocycles. The predicted octanol–water partition coefficient (Wildman–Crippen LogP) is 5.51. The number of esters is 1. The second-order valence-electron chi connectivity index (χ2n) is 18.0. The van der Waals surface area contributed by atoms with E-state index >= 15 is 0 Å². The van der Waals surface area contributed by atoms with Gasteiger partial charge in [-0.3, -0.25) is 24.1 Å². The first-order chi connectivity index (χ1) is 31.6. The molecule has 1 aromatic heterocycles. The number of unbranched alkanes of at least 4 members (excludes halogenated alkanes) is 3. The number of methoxy groups -OCH3 is 1. The third-order valence-corrected chi connectivity index (χ3v) is 13.0. The Labute approximate surface area is 390 Å². The number of thiazole rings is 1. The maximum absolute atomic E-state index is 14.0. The lowest BCUT2D eigenvalue weighted by atomic mass is 9.85. The van der Waals surface area contributed by atoms with Gasteiger partial charge >= 0.3 is 5.97 Å². The van der Waals surface area contributed by atoms with Crippen molar-refractivity contribution >= 4 is 52.3 Å². The first-order valence-corrected chi connectivity index (χ1v) is 23.4. The van der Waals surface area contributed by atoms with Crippen LogP contribution in [0.1, 0.15) is 80.9 Å². The lowest BCUT2D eigenvalue weighted by Gasteiger charge is -2.36. The Hall–Kier alpha value is -6.04. The van der Waals surface area contributed by atoms with Crippen LogP contribution in [0.5, 0.6) is 11.5 Å². The molecule has 3 heterocycles. The Kier molecular flexibility index (Phi) is 17.2. The highest BCUT2D eigenvalue weighted by Crippen LogP contribution is 2.29. The van der Waals surface area contributed by atoms with Crippen molar-refractivity contribution in [2.24, 2.45) is 5.41 Å². The highest BCUT2D eigenvalue weighted by molar-refractivity contribution is 7.13. The molecule has 0 radical (unpaired) electrons. The average Bonchev–Trinajstić information content (AvgIpc) is 3.93. The maximum atomic E-state index is 14.0. The van der Waals surface area contributed by atoms with Gasteiger partial charge in [0, 0.05) is 57.8 Å². The van der Waals surface area contributed by atoms with Gasteiger partial charge in [0.25, 0.3) is 5.91 Å². The van der Waals surface area contributed by atoms with Gasteiger partial charge in [0.15, 0.2) is 6.61 Å². The van der Waals surface area contributed by atoms with E-state index in [-0.39, 0.29) is 60.8 Å². The van der Waals surface area contributed by atoms with E-state index in [4.69, 9.17) is 9.47 Å². The van der Waals surface area contributed by atoms with Gasteiger partial charge in [-0.15, -0.1) is 11.3 Å². The predicted molar refractivity (Wildman–Crippen MR) is 253 cm³/mol. The number of hydrogen-bond donors (Lipinski definition) is 5. The third-order valence-electron chi connectivity index (χ3n) is 12.0. The number of rotatable bonds is 19. The van der Waals surface area contributed by atoms with Crippen molar-refractivity contribution in [2.45, 2.75) is 91.0 Å². The molecule has 6 rings (SSSR count). The molecule has 3 aromatic carbocycles. The number of carbonyl (C=O) groups is 5. The summed E-state index contributed by atoms with van der Waals surface area (Å²) in [7, 11) is 1.25. The van der Waals surface area contributed by atoms with E-state index in [9.17, 15) is 34.2 Å². The lowest BCUT2D eigenvalue weighted by molar-refractivity contribution is -0.144. The largest absolute Gasteiger partial charge is 0.506 e. The van der Waals surface area contributed by atoms with Crippen molar-refractivity contribution in [3.63, 3.8) is 0 Å². The van der Waals surface area contributed by atoms with Crippen LogP contribution in [-0.4, -0.2) is 126 Å². The van der Waals surface area contributed by atoms with E-state index in [1.807, 2.05) is 81.7 Å². The molecule has 0 saturated carbocycles. The fourth-order valence-electron chi connectivity index (χ4n) is 8.19. The van der Waals surface area contributed by atoms with Gasteiger partial charge in [0.1, 0.15) is 23.6 Å². The summed E-state index contributed by atoms with van der Waals surface area (Å²) >= 11 is 1.58. The summed E-state index contributed by atoms with van der Waals surface area (Å²) < 4.78 is 10.3. The van der Waals surface area contributed by atoms with E-state index < -0.39 is 35.5 Å². The quantitative estimate of drug-likeness (QED) is 0.0449. The molecular weight excluding hydrogens is 863 g/mol. The molecule has 0 bridgehead atoms. The number of aliphatic hydroxyl groups excluding tert-OH is 1. The molecular formula is C49H63N7O9S. The number of ether oxygens (including phenoxy) is 2. The van der Waals surface area contributed by atoms with Crippen LogP contribution >= 0.6 is 11.3 Å². The lowest BCUT2D eigenvalue weighted by Crippen LogP contribution is -2.57. The fraction of sp³-hybridized carbons (Fsp3) is 0.469. The number of benzene rings is 3. The summed E-state index contributed by atoms with van der Waals surface area (Å²) in [5.41, 5.74) is 5.47. The monoisotopic (exact) mass is 925 g/mol. The van der Waals surface area contributed by atoms with Crippen molar-refractivity contribution < 1.29 is 43.7 Å². The Morgan fingerprint density at radius 1 is 0.909 bits per heavy atom. The Balaban J connectivity index is 0.861. The van der Waals surface area contributed by atoms with E-state index in [1.54, 1.807) is 11.3 Å². The SMILES string of the molecule is COC(=O)c1ccc(O)c(NC(=O)COc2ccc(N3CCN(CCCCCCC(=O)N[C@H](C(=O)N4C[C@H](O)C[C@H]4C(=O)NCc4ccc(-c5scnc5C)cc4)C(C)(C)C)CC3)cc2)c1. The summed E-state index contributed by atoms with van der Waals surface area (Å²) in [4.78, 5) is 76.6. The van der Waals surface area contributed by atoms with Gasteiger partial charge in [-0.25, -0.2) is 9.78 Å². The van der Waals surface area contributed by atoms with Crippen LogP contribution in [0, 0.1) is 12.3 Å². The van der Waals surface area contributed by atoms with Crippen LogP contribution in [0.25, 0.3) is 10.4 Å². The van der Waals surface area contributed by atoms with Crippen LogP contribution in [0.3, 0.4) is 0 Å². The van der Waals surface area contributed by atoms with E-state index in [1.165, 1.54) is 30.2 Å². The van der Waals surface area contributed by atoms with Gasteiger partial charge in [-0.05, 0) is 85.3 Å². The number of aliphatic hydroxyl groups is 1. The normalized spacial score (nSPS) is 16.9. The number of likely N-dealkylation sites (tertiary alicyclic amines) is 1. The highest BCUT2D eigenvalue weighted by Gasteiger charge is 2.44. The highest BCUT2D eigenvalue weighted by atomic mass is 32.1. The molecule has 17 heteroatoms. The fourth-order valence-corrected chi connectivity index (χ4v) is 9.00. The van der Waals surface area contributed by atoms with E-state index in [0.717, 1.165) is 79.4 Å². The number of hydrogen-bond acceptors (Lipinski definition) is 13. The first-order valence-electron chi connectivity index (χ1n) is 22.6. The molecule has 66 heavy (non-hydrogen) atoms. The zero-order chi connectivity index (χ0) is 47.4. The molecule has 0 unspecified atom stereocenters. The number of nitrogens with zero attached hydrogens (tertiary/aromatic N) is 4. The number of amides is 4. The number of phenolic OH excluding ortho intramolecular Hbond substituents is 1. The van der Waals surface area contributed by atoms with E-state index in [2.05, 4.69) is 30.7 Å². The van der Waals surface area contributed by atoms with Crippen LogP contribution in [0.2, 0.25) is 0 Å². The van der Waals surface area contributed by atoms with Crippen molar-refractivity contribution in [3.05, 3.63) is 89.1 Å². The number of β-amino-alcohol motifs (C(OH)–C–C–N with tert-alkyl or cyclic N) is 1. The number of aromatic hydroxyl groups is 1. The standard InChI is InChI=1S/C49H63N7O9S/c1-32-44(66-31-51-32)34-13-11-33(12-14-34)28-50-46(61)40-27-37(57)29-56(40)47(62)45(49(2,3)4)53-42(59)10-8-6-7-9-21-54-22-24-55(25-23-54)36-16-18-38(19-17-36)65-30-43(60)52-39-26-35(48(63)64-5)15-20-41(39)58/h11-20,26,31,37,40,45,57-58H,6-10,21-25,27-30H2,1-5H3,(H,50,61)(H,52,60)(H,53,59)/t37-,40+,45-/m1/s1. The van der Waals surface area contributed by atoms with Crippen molar-refractivity contribution in [2.75, 3.05) is 63.2 Å². The number of anilines is 2. The van der Waals surface area contributed by atoms with E-state index in [0.29, 0.717) is 18.6 Å². The number of carbonyl (C=O) groups excluding carboxylic acids is 5. The molecule has 5 N–H and O–H groups in total. The molecule has 16 nitrogen and oxygen atoms in total. The minimum absolute atomic E-state index is 0.0251. The summed E-state index contributed by atoms with van der Waals surface area (Å²) in [6.45, 7) is 12.2. The number of nitrogens with one attached hydrogen (secondary N) is 3. The molecule has 0 aliphatic carbocycles.